The Morgan fingerprint density at radius 2 is 2.00 bits per heavy atom. The molecule has 2 atom stereocenters. The van der Waals surface area contributed by atoms with Crippen LogP contribution in [0, 0.1) is 0 Å². The number of rotatable bonds is 3. The van der Waals surface area contributed by atoms with Crippen molar-refractivity contribution in [3.63, 3.8) is 0 Å². The van der Waals surface area contributed by atoms with E-state index < -0.39 is 10.0 Å². The first kappa shape index (κ1) is 13.5. The van der Waals surface area contributed by atoms with Crippen LogP contribution >= 0.6 is 0 Å². The fourth-order valence-corrected chi connectivity index (χ4v) is 4.46. The minimum absolute atomic E-state index is 0.0622. The van der Waals surface area contributed by atoms with Crippen LogP contribution in [-0.2, 0) is 16.4 Å². The van der Waals surface area contributed by atoms with Gasteiger partial charge in [-0.05, 0) is 26.7 Å². The molecule has 0 aromatic carbocycles. The molecule has 6 heteroatoms. The molecule has 102 valence electrons. The van der Waals surface area contributed by atoms with Crippen molar-refractivity contribution in [2.45, 2.75) is 63.6 Å². The van der Waals surface area contributed by atoms with Crippen molar-refractivity contribution in [2.75, 3.05) is 0 Å². The molecule has 0 spiro atoms. The highest BCUT2D eigenvalue weighted by atomic mass is 32.2. The van der Waals surface area contributed by atoms with Crippen molar-refractivity contribution < 1.29 is 8.42 Å². The van der Waals surface area contributed by atoms with E-state index in [1.165, 1.54) is 6.20 Å². The fraction of sp³-hybridized carbons (Fsp3) is 0.750. The summed E-state index contributed by atoms with van der Waals surface area (Å²) in [6.07, 6.45) is 5.09. The minimum Gasteiger partial charge on any atom is -0.332 e. The zero-order valence-corrected chi connectivity index (χ0v) is 12.0. The highest BCUT2D eigenvalue weighted by Crippen LogP contribution is 2.28. The van der Waals surface area contributed by atoms with Crippen LogP contribution in [-0.4, -0.2) is 34.8 Å². The number of hydrogen-bond acceptors (Lipinski definition) is 3. The Morgan fingerprint density at radius 3 is 2.50 bits per heavy atom. The lowest BCUT2D eigenvalue weighted by Gasteiger charge is -2.37. The van der Waals surface area contributed by atoms with Crippen molar-refractivity contribution in [1.29, 1.82) is 0 Å². The summed E-state index contributed by atoms with van der Waals surface area (Å²) in [5.74, 6) is 0.714. The van der Waals surface area contributed by atoms with Crippen LogP contribution < -0.4 is 0 Å². The van der Waals surface area contributed by atoms with E-state index in [1.807, 2.05) is 20.8 Å². The van der Waals surface area contributed by atoms with Gasteiger partial charge in [-0.25, -0.2) is 13.4 Å². The van der Waals surface area contributed by atoms with E-state index in [-0.39, 0.29) is 17.1 Å². The SMILES string of the molecule is CCc1ncc(S(=O)(=O)N2C(C)CCCC2C)[nH]1. The van der Waals surface area contributed by atoms with Crippen LogP contribution in [0.2, 0.25) is 0 Å². The lowest BCUT2D eigenvalue weighted by molar-refractivity contribution is 0.204. The molecular formula is C12H21N3O2S. The molecule has 18 heavy (non-hydrogen) atoms. The molecule has 0 aliphatic carbocycles. The van der Waals surface area contributed by atoms with Crippen LogP contribution in [0.15, 0.2) is 11.2 Å². The normalized spacial score (nSPS) is 26.4. The molecule has 1 aliphatic heterocycles. The highest BCUT2D eigenvalue weighted by Gasteiger charge is 2.36. The first-order valence-corrected chi connectivity index (χ1v) is 7.98. The summed E-state index contributed by atoms with van der Waals surface area (Å²) >= 11 is 0. The van der Waals surface area contributed by atoms with Gasteiger partial charge in [0, 0.05) is 18.5 Å². The maximum Gasteiger partial charge on any atom is 0.260 e. The number of aromatic amines is 1. The van der Waals surface area contributed by atoms with E-state index in [9.17, 15) is 8.42 Å². The summed E-state index contributed by atoms with van der Waals surface area (Å²) in [5.41, 5.74) is 0. The molecule has 1 fully saturated rings. The van der Waals surface area contributed by atoms with Gasteiger partial charge in [0.15, 0.2) is 5.03 Å². The molecule has 1 saturated heterocycles. The summed E-state index contributed by atoms with van der Waals surface area (Å²) in [6, 6.07) is 0.124. The Bertz CT molecular complexity index is 499. The van der Waals surface area contributed by atoms with Crippen molar-refractivity contribution >= 4 is 10.0 Å². The first-order valence-electron chi connectivity index (χ1n) is 6.54. The van der Waals surface area contributed by atoms with Gasteiger partial charge >= 0.3 is 0 Å². The third-order valence-corrected chi connectivity index (χ3v) is 5.65. The molecule has 0 amide bonds. The van der Waals surface area contributed by atoms with Crippen molar-refractivity contribution in [1.82, 2.24) is 14.3 Å². The zero-order chi connectivity index (χ0) is 13.3. The van der Waals surface area contributed by atoms with Gasteiger partial charge in [0.1, 0.15) is 5.82 Å². The zero-order valence-electron chi connectivity index (χ0n) is 11.2. The van der Waals surface area contributed by atoms with Gasteiger partial charge in [-0.3, -0.25) is 0 Å². The Balaban J connectivity index is 2.34. The number of piperidine rings is 1. The van der Waals surface area contributed by atoms with Gasteiger partial charge < -0.3 is 4.98 Å². The van der Waals surface area contributed by atoms with E-state index in [0.717, 1.165) is 19.3 Å². The molecule has 1 aromatic heterocycles. The molecule has 1 aromatic rings. The molecule has 0 bridgehead atoms. The smallest absolute Gasteiger partial charge is 0.260 e. The van der Waals surface area contributed by atoms with Crippen LogP contribution in [0.5, 0.6) is 0 Å². The third-order valence-electron chi connectivity index (χ3n) is 3.61. The van der Waals surface area contributed by atoms with Gasteiger partial charge in [0.25, 0.3) is 10.0 Å². The summed E-state index contributed by atoms with van der Waals surface area (Å²) in [7, 11) is -3.43. The van der Waals surface area contributed by atoms with Gasteiger partial charge in [0.2, 0.25) is 0 Å². The molecular weight excluding hydrogens is 250 g/mol. The molecule has 1 aliphatic rings. The predicted molar refractivity (Wildman–Crippen MR) is 69.8 cm³/mol. The van der Waals surface area contributed by atoms with Crippen LogP contribution in [0.1, 0.15) is 45.9 Å². The van der Waals surface area contributed by atoms with Crippen molar-refractivity contribution in [3.8, 4) is 0 Å². The lowest BCUT2D eigenvalue weighted by atomic mass is 10.0. The quantitative estimate of drug-likeness (QED) is 0.913. The number of nitrogens with one attached hydrogen (secondary N) is 1. The lowest BCUT2D eigenvalue weighted by Crippen LogP contribution is -2.47. The Hall–Kier alpha value is -0.880. The highest BCUT2D eigenvalue weighted by molar-refractivity contribution is 7.89. The van der Waals surface area contributed by atoms with Gasteiger partial charge in [-0.15, -0.1) is 0 Å². The molecule has 0 radical (unpaired) electrons. The summed E-state index contributed by atoms with van der Waals surface area (Å²) in [4.78, 5) is 6.99. The number of imidazole rings is 1. The van der Waals surface area contributed by atoms with Gasteiger partial charge in [-0.1, -0.05) is 13.3 Å². The number of H-pyrrole nitrogens is 1. The second-order valence-electron chi connectivity index (χ2n) is 5.01. The second-order valence-corrected chi connectivity index (χ2v) is 6.82. The second kappa shape index (κ2) is 5.01. The molecule has 2 unspecified atom stereocenters. The average Bonchev–Trinajstić information content (AvgIpc) is 2.77. The summed E-state index contributed by atoms with van der Waals surface area (Å²) in [6.45, 7) is 5.90. The van der Waals surface area contributed by atoms with Crippen LogP contribution in [0.3, 0.4) is 0 Å². The maximum absolute atomic E-state index is 12.6. The van der Waals surface area contributed by atoms with Crippen molar-refractivity contribution in [3.05, 3.63) is 12.0 Å². The molecule has 5 nitrogen and oxygen atoms in total. The predicted octanol–water partition coefficient (Wildman–Crippen LogP) is 1.92. The van der Waals surface area contributed by atoms with Crippen molar-refractivity contribution in [2.24, 2.45) is 0 Å². The molecule has 0 saturated carbocycles. The molecule has 2 heterocycles. The largest absolute Gasteiger partial charge is 0.332 e. The average molecular weight is 271 g/mol. The Morgan fingerprint density at radius 1 is 1.39 bits per heavy atom. The topological polar surface area (TPSA) is 66.1 Å². The van der Waals surface area contributed by atoms with E-state index in [4.69, 9.17) is 0 Å². The summed E-state index contributed by atoms with van der Waals surface area (Å²) in [5, 5.41) is 0.222. The van der Waals surface area contributed by atoms with E-state index in [1.54, 1.807) is 4.31 Å². The van der Waals surface area contributed by atoms with Crippen LogP contribution in [0.25, 0.3) is 0 Å². The maximum atomic E-state index is 12.6. The molecule has 1 N–H and O–H groups in total. The van der Waals surface area contributed by atoms with Gasteiger partial charge in [-0.2, -0.15) is 4.31 Å². The first-order chi connectivity index (χ1) is 8.46. The Kier molecular flexibility index (Phi) is 3.77. The number of nitrogens with zero attached hydrogens (tertiary/aromatic N) is 2. The van der Waals surface area contributed by atoms with Gasteiger partial charge in [0.05, 0.1) is 6.20 Å². The van der Waals surface area contributed by atoms with E-state index in [2.05, 4.69) is 9.97 Å². The third kappa shape index (κ3) is 2.31. The Labute approximate surface area is 109 Å². The number of aromatic nitrogens is 2. The van der Waals surface area contributed by atoms with E-state index >= 15 is 0 Å². The minimum atomic E-state index is -3.43. The number of hydrogen-bond donors (Lipinski definition) is 1. The fourth-order valence-electron chi connectivity index (χ4n) is 2.64. The number of sulfonamides is 1. The standard InChI is InChI=1S/C12H21N3O2S/c1-4-11-13-8-12(14-11)18(16,17)15-9(2)6-5-7-10(15)3/h8-10H,4-7H2,1-3H3,(H,13,14). The monoisotopic (exact) mass is 271 g/mol. The van der Waals surface area contributed by atoms with Crippen LogP contribution in [0.4, 0.5) is 0 Å². The molecule has 2 rings (SSSR count). The summed E-state index contributed by atoms with van der Waals surface area (Å²) < 4.78 is 26.8. The van der Waals surface area contributed by atoms with E-state index in [0.29, 0.717) is 12.2 Å². The number of aryl methyl sites for hydroxylation is 1.